The molecule has 1 saturated heterocycles. The normalized spacial score (nSPS) is 25.8. The average molecular weight is 292 g/mol. The van der Waals surface area contributed by atoms with E-state index in [9.17, 15) is 13.2 Å². The second-order valence-corrected chi connectivity index (χ2v) is 7.13. The lowest BCUT2D eigenvalue weighted by Gasteiger charge is -2.36. The highest BCUT2D eigenvalue weighted by Gasteiger charge is 2.62. The van der Waals surface area contributed by atoms with Crippen LogP contribution in [0.25, 0.3) is 0 Å². The molecule has 1 aromatic rings. The van der Waals surface area contributed by atoms with Gasteiger partial charge in [0.1, 0.15) is 11.7 Å². The van der Waals surface area contributed by atoms with E-state index in [-0.39, 0.29) is 5.56 Å². The van der Waals surface area contributed by atoms with Gasteiger partial charge in [0.2, 0.25) is 4.27 Å². The third-order valence-electron chi connectivity index (χ3n) is 3.06. The number of fused-ring (bicyclic) bond motifs is 1. The summed E-state index contributed by atoms with van der Waals surface area (Å²) in [4.78, 5) is 0. The van der Waals surface area contributed by atoms with Crippen molar-refractivity contribution in [1.82, 2.24) is 0 Å². The molecule has 0 aromatic heterocycles. The number of hydrogen-bond donors (Lipinski definition) is 0. The van der Waals surface area contributed by atoms with Crippen molar-refractivity contribution in [3.05, 3.63) is 29.8 Å². The molecule has 2 heterocycles. The third kappa shape index (κ3) is 1.90. The first-order valence-electron chi connectivity index (χ1n) is 5.65. The van der Waals surface area contributed by atoms with Crippen molar-refractivity contribution in [2.45, 2.75) is 22.8 Å². The molecule has 2 aliphatic heterocycles. The summed E-state index contributed by atoms with van der Waals surface area (Å²) in [7, 11) is 0. The summed E-state index contributed by atoms with van der Waals surface area (Å²) in [6.45, 7) is 0. The molecule has 1 fully saturated rings. The Bertz CT molecular complexity index is 455. The van der Waals surface area contributed by atoms with E-state index < -0.39 is 16.4 Å². The van der Waals surface area contributed by atoms with Crippen LogP contribution in [0.5, 0.6) is 5.75 Å². The van der Waals surface area contributed by atoms with E-state index in [0.717, 1.165) is 6.42 Å². The maximum absolute atomic E-state index is 13.4. The van der Waals surface area contributed by atoms with Gasteiger partial charge in [-0.3, -0.25) is 0 Å². The molecule has 18 heavy (non-hydrogen) atoms. The molecule has 98 valence electrons. The summed E-state index contributed by atoms with van der Waals surface area (Å²) >= 11 is 2.57. The SMILES string of the molecule is FC(F)(F)C1c2ccccc2OC12SCCCS2. The first-order valence-corrected chi connectivity index (χ1v) is 7.63. The Morgan fingerprint density at radius 2 is 1.83 bits per heavy atom. The van der Waals surface area contributed by atoms with Crippen molar-refractivity contribution in [2.24, 2.45) is 0 Å². The molecule has 1 spiro atoms. The quantitative estimate of drug-likeness (QED) is 0.707. The van der Waals surface area contributed by atoms with Gasteiger partial charge in [-0.25, -0.2) is 0 Å². The van der Waals surface area contributed by atoms with Gasteiger partial charge in [-0.1, -0.05) is 18.2 Å². The summed E-state index contributed by atoms with van der Waals surface area (Å²) < 4.78 is 44.6. The molecule has 0 radical (unpaired) electrons. The number of ether oxygens (including phenoxy) is 1. The van der Waals surface area contributed by atoms with Crippen LogP contribution in [0.15, 0.2) is 24.3 Å². The zero-order valence-corrected chi connectivity index (χ0v) is 11.0. The fourth-order valence-electron chi connectivity index (χ4n) is 2.35. The number of hydrogen-bond acceptors (Lipinski definition) is 3. The molecule has 0 amide bonds. The third-order valence-corrected chi connectivity index (χ3v) is 6.19. The highest BCUT2D eigenvalue weighted by atomic mass is 32.2. The van der Waals surface area contributed by atoms with Crippen molar-refractivity contribution in [1.29, 1.82) is 0 Å². The molecule has 0 aliphatic carbocycles. The van der Waals surface area contributed by atoms with Gasteiger partial charge in [-0.2, -0.15) is 13.2 Å². The van der Waals surface area contributed by atoms with Gasteiger partial charge in [0, 0.05) is 5.56 Å². The van der Waals surface area contributed by atoms with Gasteiger partial charge >= 0.3 is 6.18 Å². The molecule has 6 heteroatoms. The van der Waals surface area contributed by atoms with Crippen molar-refractivity contribution in [3.63, 3.8) is 0 Å². The number of halogens is 3. The Labute approximate surface area is 111 Å². The van der Waals surface area contributed by atoms with Crippen LogP contribution in [0, 0.1) is 0 Å². The molecule has 0 saturated carbocycles. The van der Waals surface area contributed by atoms with Crippen molar-refractivity contribution >= 4 is 23.5 Å². The van der Waals surface area contributed by atoms with Crippen LogP contribution in [-0.2, 0) is 0 Å². The van der Waals surface area contributed by atoms with Gasteiger partial charge in [0.15, 0.2) is 0 Å². The van der Waals surface area contributed by atoms with Crippen LogP contribution in [0.1, 0.15) is 17.9 Å². The fourth-order valence-corrected chi connectivity index (χ4v) is 5.66. The predicted molar refractivity (Wildman–Crippen MR) is 68.1 cm³/mol. The summed E-state index contributed by atoms with van der Waals surface area (Å²) in [6, 6.07) is 6.50. The van der Waals surface area contributed by atoms with E-state index >= 15 is 0 Å². The minimum atomic E-state index is -4.27. The van der Waals surface area contributed by atoms with Crippen molar-refractivity contribution in [3.8, 4) is 5.75 Å². The average Bonchev–Trinajstić information content (AvgIpc) is 2.62. The van der Waals surface area contributed by atoms with Crippen molar-refractivity contribution in [2.75, 3.05) is 11.5 Å². The van der Waals surface area contributed by atoms with Crippen LogP contribution in [-0.4, -0.2) is 21.9 Å². The number of para-hydroxylation sites is 1. The Morgan fingerprint density at radius 1 is 1.17 bits per heavy atom. The van der Waals surface area contributed by atoms with E-state index in [1.807, 2.05) is 0 Å². The van der Waals surface area contributed by atoms with Crippen LogP contribution < -0.4 is 4.74 Å². The van der Waals surface area contributed by atoms with Crippen LogP contribution in [0.4, 0.5) is 13.2 Å². The molecular weight excluding hydrogens is 281 g/mol. The van der Waals surface area contributed by atoms with E-state index in [2.05, 4.69) is 0 Å². The Morgan fingerprint density at radius 3 is 2.50 bits per heavy atom. The van der Waals surface area contributed by atoms with E-state index in [4.69, 9.17) is 4.74 Å². The minimum Gasteiger partial charge on any atom is -0.466 e. The van der Waals surface area contributed by atoms with E-state index in [1.165, 1.54) is 29.6 Å². The molecule has 1 atom stereocenters. The van der Waals surface area contributed by atoms with Gasteiger partial charge in [0.25, 0.3) is 0 Å². The van der Waals surface area contributed by atoms with Crippen molar-refractivity contribution < 1.29 is 17.9 Å². The smallest absolute Gasteiger partial charge is 0.401 e. The molecule has 1 nitrogen and oxygen atoms in total. The van der Waals surface area contributed by atoms with Gasteiger partial charge in [-0.15, -0.1) is 23.5 Å². The second kappa shape index (κ2) is 4.27. The first kappa shape index (κ1) is 12.5. The highest BCUT2D eigenvalue weighted by molar-refractivity contribution is 8.18. The number of rotatable bonds is 0. The predicted octanol–water partition coefficient (Wildman–Crippen LogP) is 4.25. The largest absolute Gasteiger partial charge is 0.466 e. The van der Waals surface area contributed by atoms with Crippen LogP contribution in [0.3, 0.4) is 0 Å². The zero-order chi connectivity index (χ0) is 12.8. The monoisotopic (exact) mass is 292 g/mol. The highest BCUT2D eigenvalue weighted by Crippen LogP contribution is 2.62. The Hall–Kier alpha value is -0.490. The number of alkyl halides is 3. The summed E-state index contributed by atoms with van der Waals surface area (Å²) in [5.74, 6) is 0.277. The molecule has 2 aliphatic rings. The van der Waals surface area contributed by atoms with Crippen LogP contribution >= 0.6 is 23.5 Å². The zero-order valence-electron chi connectivity index (χ0n) is 9.37. The lowest BCUT2D eigenvalue weighted by Crippen LogP contribution is -2.41. The number of thioether (sulfide) groups is 2. The van der Waals surface area contributed by atoms with Crippen LogP contribution in [0.2, 0.25) is 0 Å². The second-order valence-electron chi connectivity index (χ2n) is 4.27. The van der Waals surface area contributed by atoms with Gasteiger partial charge in [-0.05, 0) is 24.0 Å². The summed E-state index contributed by atoms with van der Waals surface area (Å²) in [5.41, 5.74) is 0.270. The fraction of sp³-hybridized carbons (Fsp3) is 0.500. The lowest BCUT2D eigenvalue weighted by molar-refractivity contribution is -0.158. The maximum atomic E-state index is 13.4. The number of benzene rings is 1. The molecular formula is C12H11F3OS2. The Balaban J connectivity index is 2.07. The lowest BCUT2D eigenvalue weighted by atomic mass is 10.0. The molecule has 0 N–H and O–H groups in total. The molecule has 1 aromatic carbocycles. The summed E-state index contributed by atoms with van der Waals surface area (Å²) in [6.07, 6.45) is -3.34. The Kier molecular flexibility index (Phi) is 2.97. The topological polar surface area (TPSA) is 9.23 Å². The summed E-state index contributed by atoms with van der Waals surface area (Å²) in [5, 5.41) is 0. The minimum absolute atomic E-state index is 0.270. The van der Waals surface area contributed by atoms with Gasteiger partial charge in [0.05, 0.1) is 0 Å². The molecule has 3 rings (SSSR count). The molecule has 0 bridgehead atoms. The first-order chi connectivity index (χ1) is 8.53. The van der Waals surface area contributed by atoms with E-state index in [0.29, 0.717) is 17.3 Å². The van der Waals surface area contributed by atoms with Gasteiger partial charge < -0.3 is 4.74 Å². The standard InChI is InChI=1S/C12H11F3OS2/c13-11(14,15)10-8-4-1-2-5-9(8)16-12(10)17-6-3-7-18-12/h1-2,4-5,10H,3,6-7H2. The maximum Gasteiger partial charge on any atom is 0.401 e. The van der Waals surface area contributed by atoms with E-state index in [1.54, 1.807) is 18.2 Å². The molecule has 1 unspecified atom stereocenters.